The minimum absolute atomic E-state index is 0.332. The summed E-state index contributed by atoms with van der Waals surface area (Å²) < 4.78 is 4.84. The molecule has 0 aliphatic heterocycles. The molecule has 5 nitrogen and oxygen atoms in total. The van der Waals surface area contributed by atoms with Gasteiger partial charge in [0.1, 0.15) is 17.9 Å². The number of nitriles is 1. The number of hydrogen-bond donors (Lipinski definition) is 1. The number of hydrogen-bond acceptors (Lipinski definition) is 5. The van der Waals surface area contributed by atoms with E-state index >= 15 is 0 Å². The van der Waals surface area contributed by atoms with E-state index in [-0.39, 0.29) is 5.97 Å². The van der Waals surface area contributed by atoms with Crippen LogP contribution in [0, 0.1) is 11.3 Å². The smallest absolute Gasteiger partial charge is 0.328 e. The number of carbonyl (C=O) groups excluding carboxylic acids is 1. The van der Waals surface area contributed by atoms with Crippen LogP contribution in [-0.2, 0) is 9.53 Å². The van der Waals surface area contributed by atoms with E-state index in [4.69, 9.17) is 10.00 Å². The number of esters is 1. The average Bonchev–Trinajstić information content (AvgIpc) is 2.30. The third kappa shape index (κ3) is 2.95. The van der Waals surface area contributed by atoms with Gasteiger partial charge in [0, 0.05) is 6.20 Å². The zero-order valence-electron chi connectivity index (χ0n) is 9.23. The van der Waals surface area contributed by atoms with Crippen LogP contribution in [0.5, 0.6) is 0 Å². The van der Waals surface area contributed by atoms with Gasteiger partial charge < -0.3 is 10.1 Å². The quantitative estimate of drug-likeness (QED) is 0.773. The molecule has 1 aromatic rings. The molecule has 1 aromatic heterocycles. The third-order valence-corrected chi connectivity index (χ3v) is 1.92. The lowest BCUT2D eigenvalue weighted by molar-refractivity contribution is -0.143. The SMILES string of the molecule is CCOC(=O)C(C)Nc1ncccc1C#N. The number of nitrogens with zero attached hydrogens (tertiary/aromatic N) is 2. The fourth-order valence-corrected chi connectivity index (χ4v) is 1.14. The highest BCUT2D eigenvalue weighted by Gasteiger charge is 2.15. The van der Waals surface area contributed by atoms with E-state index in [1.54, 1.807) is 32.2 Å². The minimum Gasteiger partial charge on any atom is -0.464 e. The summed E-state index contributed by atoms with van der Waals surface area (Å²) in [4.78, 5) is 15.3. The summed E-state index contributed by atoms with van der Waals surface area (Å²) in [5.41, 5.74) is 0.402. The maximum absolute atomic E-state index is 11.4. The second kappa shape index (κ2) is 5.71. The highest BCUT2D eigenvalue weighted by Crippen LogP contribution is 2.11. The predicted molar refractivity (Wildman–Crippen MR) is 58.7 cm³/mol. The van der Waals surface area contributed by atoms with E-state index < -0.39 is 6.04 Å². The number of aromatic nitrogens is 1. The standard InChI is InChI=1S/C11H13N3O2/c1-3-16-11(15)8(2)14-10-9(7-12)5-4-6-13-10/h4-6,8H,3H2,1-2H3,(H,13,14). The van der Waals surface area contributed by atoms with E-state index in [1.807, 2.05) is 6.07 Å². The van der Waals surface area contributed by atoms with E-state index in [0.29, 0.717) is 18.0 Å². The Hall–Kier alpha value is -2.09. The molecule has 1 rings (SSSR count). The van der Waals surface area contributed by atoms with Crippen molar-refractivity contribution in [1.29, 1.82) is 5.26 Å². The van der Waals surface area contributed by atoms with E-state index in [0.717, 1.165) is 0 Å². The predicted octanol–water partition coefficient (Wildman–Crippen LogP) is 1.32. The first kappa shape index (κ1) is 12.0. The van der Waals surface area contributed by atoms with Crippen LogP contribution in [-0.4, -0.2) is 23.6 Å². The van der Waals surface area contributed by atoms with Gasteiger partial charge in [0.25, 0.3) is 0 Å². The van der Waals surface area contributed by atoms with Crippen molar-refractivity contribution in [2.24, 2.45) is 0 Å². The van der Waals surface area contributed by atoms with Gasteiger partial charge >= 0.3 is 5.97 Å². The first-order chi connectivity index (χ1) is 7.69. The van der Waals surface area contributed by atoms with Crippen LogP contribution in [0.25, 0.3) is 0 Å². The van der Waals surface area contributed by atoms with Crippen molar-refractivity contribution in [3.05, 3.63) is 23.9 Å². The van der Waals surface area contributed by atoms with Crippen molar-refractivity contribution in [1.82, 2.24) is 4.98 Å². The Kier molecular flexibility index (Phi) is 4.28. The Balaban J connectivity index is 2.73. The molecular weight excluding hydrogens is 206 g/mol. The molecule has 0 bridgehead atoms. The molecule has 0 aliphatic rings. The summed E-state index contributed by atoms with van der Waals surface area (Å²) >= 11 is 0. The summed E-state index contributed by atoms with van der Waals surface area (Å²) in [6.07, 6.45) is 1.56. The van der Waals surface area contributed by atoms with Gasteiger partial charge in [-0.15, -0.1) is 0 Å². The summed E-state index contributed by atoms with van der Waals surface area (Å²) in [6.45, 7) is 3.73. The molecular formula is C11H13N3O2. The van der Waals surface area contributed by atoms with Gasteiger partial charge in [0.15, 0.2) is 0 Å². The summed E-state index contributed by atoms with van der Waals surface area (Å²) in [5.74, 6) is 0.0302. The Morgan fingerprint density at radius 3 is 3.12 bits per heavy atom. The van der Waals surface area contributed by atoms with Gasteiger partial charge in [-0.1, -0.05) is 0 Å². The van der Waals surface area contributed by atoms with Gasteiger partial charge in [0.2, 0.25) is 0 Å². The van der Waals surface area contributed by atoms with Gasteiger partial charge in [0.05, 0.1) is 12.2 Å². The second-order valence-electron chi connectivity index (χ2n) is 3.13. The highest BCUT2D eigenvalue weighted by atomic mass is 16.5. The van der Waals surface area contributed by atoms with Crippen LogP contribution in [0.1, 0.15) is 19.4 Å². The van der Waals surface area contributed by atoms with Gasteiger partial charge in [-0.2, -0.15) is 5.26 Å². The number of rotatable bonds is 4. The topological polar surface area (TPSA) is 75.0 Å². The van der Waals surface area contributed by atoms with Crippen LogP contribution in [0.3, 0.4) is 0 Å². The summed E-state index contributed by atoms with van der Waals surface area (Å²) in [5, 5.41) is 11.7. The summed E-state index contributed by atoms with van der Waals surface area (Å²) in [7, 11) is 0. The molecule has 1 heterocycles. The fourth-order valence-electron chi connectivity index (χ4n) is 1.14. The van der Waals surface area contributed by atoms with Gasteiger partial charge in [-0.3, -0.25) is 0 Å². The number of anilines is 1. The molecule has 16 heavy (non-hydrogen) atoms. The maximum atomic E-state index is 11.4. The Morgan fingerprint density at radius 1 is 1.75 bits per heavy atom. The molecule has 0 spiro atoms. The van der Waals surface area contributed by atoms with Crippen LogP contribution in [0.15, 0.2) is 18.3 Å². The van der Waals surface area contributed by atoms with E-state index in [1.165, 1.54) is 0 Å². The minimum atomic E-state index is -0.526. The Labute approximate surface area is 94.1 Å². The van der Waals surface area contributed by atoms with Crippen LogP contribution >= 0.6 is 0 Å². The lowest BCUT2D eigenvalue weighted by Gasteiger charge is -2.13. The molecule has 1 atom stereocenters. The molecule has 0 aromatic carbocycles. The molecule has 84 valence electrons. The van der Waals surface area contributed by atoms with Crippen molar-refractivity contribution < 1.29 is 9.53 Å². The van der Waals surface area contributed by atoms with E-state index in [9.17, 15) is 4.79 Å². The normalized spacial score (nSPS) is 11.3. The first-order valence-electron chi connectivity index (χ1n) is 4.97. The lowest BCUT2D eigenvalue weighted by atomic mass is 10.2. The average molecular weight is 219 g/mol. The van der Waals surface area contributed by atoms with E-state index in [2.05, 4.69) is 10.3 Å². The van der Waals surface area contributed by atoms with Crippen molar-refractivity contribution >= 4 is 11.8 Å². The molecule has 0 saturated carbocycles. The zero-order valence-corrected chi connectivity index (χ0v) is 9.23. The van der Waals surface area contributed by atoms with Crippen molar-refractivity contribution in [2.75, 3.05) is 11.9 Å². The fraction of sp³-hybridized carbons (Fsp3) is 0.364. The lowest BCUT2D eigenvalue weighted by Crippen LogP contribution is -2.28. The van der Waals surface area contributed by atoms with Crippen LogP contribution in [0.2, 0.25) is 0 Å². The third-order valence-electron chi connectivity index (χ3n) is 1.92. The molecule has 0 saturated heterocycles. The molecule has 0 amide bonds. The second-order valence-corrected chi connectivity index (χ2v) is 3.13. The Morgan fingerprint density at radius 2 is 2.50 bits per heavy atom. The summed E-state index contributed by atoms with van der Waals surface area (Å²) in [6, 6.07) is 4.77. The number of carbonyl (C=O) groups is 1. The molecule has 1 N–H and O–H groups in total. The van der Waals surface area contributed by atoms with Crippen LogP contribution < -0.4 is 5.32 Å². The van der Waals surface area contributed by atoms with Gasteiger partial charge in [-0.05, 0) is 26.0 Å². The van der Waals surface area contributed by atoms with Crippen molar-refractivity contribution in [3.63, 3.8) is 0 Å². The zero-order chi connectivity index (χ0) is 12.0. The Bertz CT molecular complexity index is 412. The molecule has 1 unspecified atom stereocenters. The molecule has 0 radical (unpaired) electrons. The van der Waals surface area contributed by atoms with Crippen molar-refractivity contribution in [3.8, 4) is 6.07 Å². The maximum Gasteiger partial charge on any atom is 0.328 e. The highest BCUT2D eigenvalue weighted by molar-refractivity contribution is 5.78. The monoisotopic (exact) mass is 219 g/mol. The molecule has 0 fully saturated rings. The van der Waals surface area contributed by atoms with Crippen LogP contribution in [0.4, 0.5) is 5.82 Å². The van der Waals surface area contributed by atoms with Gasteiger partial charge in [-0.25, -0.2) is 9.78 Å². The molecule has 5 heteroatoms. The number of pyridine rings is 1. The van der Waals surface area contributed by atoms with Crippen molar-refractivity contribution in [2.45, 2.75) is 19.9 Å². The largest absolute Gasteiger partial charge is 0.464 e. The first-order valence-corrected chi connectivity index (χ1v) is 4.97. The number of ether oxygens (including phenoxy) is 1. The number of nitrogens with one attached hydrogen (secondary N) is 1. The molecule has 0 aliphatic carbocycles.